The van der Waals surface area contributed by atoms with E-state index in [1.165, 1.54) is 0 Å². The quantitative estimate of drug-likeness (QED) is 0.745. The second kappa shape index (κ2) is 4.62. The molecule has 3 heterocycles. The Hall–Kier alpha value is -1.95. The molecule has 0 aliphatic carbocycles. The summed E-state index contributed by atoms with van der Waals surface area (Å²) in [6.45, 7) is 5.29. The number of fused-ring (bicyclic) bond motifs is 1. The molecule has 0 spiro atoms. The zero-order valence-electron chi connectivity index (χ0n) is 11.2. The lowest BCUT2D eigenvalue weighted by Crippen LogP contribution is -2.47. The lowest BCUT2D eigenvalue weighted by molar-refractivity contribution is 0.0658. The normalized spacial score (nSPS) is 17.1. The van der Waals surface area contributed by atoms with Gasteiger partial charge in [0.25, 0.3) is 5.91 Å². The van der Waals surface area contributed by atoms with Crippen LogP contribution in [0.1, 0.15) is 16.2 Å². The maximum atomic E-state index is 12.4. The Kier molecular flexibility index (Phi) is 2.94. The van der Waals surface area contributed by atoms with E-state index in [4.69, 9.17) is 0 Å². The zero-order valence-corrected chi connectivity index (χ0v) is 11.2. The molecule has 0 bridgehead atoms. The molecule has 6 nitrogen and oxygen atoms in total. The van der Waals surface area contributed by atoms with Crippen molar-refractivity contribution < 1.29 is 4.79 Å². The predicted octanol–water partition coefficient (Wildman–Crippen LogP) is 0.425. The van der Waals surface area contributed by atoms with Crippen LogP contribution in [0.4, 0.5) is 0 Å². The van der Waals surface area contributed by atoms with Gasteiger partial charge in [-0.2, -0.15) is 5.10 Å². The first-order valence-electron chi connectivity index (χ1n) is 6.44. The van der Waals surface area contributed by atoms with Gasteiger partial charge in [-0.25, -0.2) is 9.50 Å². The third kappa shape index (κ3) is 2.19. The molecule has 19 heavy (non-hydrogen) atoms. The molecule has 3 rings (SSSR count). The maximum absolute atomic E-state index is 12.4. The number of likely N-dealkylation sites (N-methyl/N-ethyl adjacent to an activating group) is 1. The van der Waals surface area contributed by atoms with Crippen LogP contribution in [0.5, 0.6) is 0 Å². The Morgan fingerprint density at radius 2 is 2.00 bits per heavy atom. The number of nitrogens with zero attached hydrogens (tertiary/aromatic N) is 5. The summed E-state index contributed by atoms with van der Waals surface area (Å²) in [7, 11) is 2.07. The van der Waals surface area contributed by atoms with Gasteiger partial charge in [-0.15, -0.1) is 0 Å². The summed E-state index contributed by atoms with van der Waals surface area (Å²) in [4.78, 5) is 20.9. The molecule has 1 saturated heterocycles. The number of hydrogen-bond donors (Lipinski definition) is 0. The van der Waals surface area contributed by atoms with Crippen molar-refractivity contribution in [2.45, 2.75) is 6.92 Å². The summed E-state index contributed by atoms with van der Waals surface area (Å²) in [5, 5.41) is 4.16. The first-order valence-corrected chi connectivity index (χ1v) is 6.44. The van der Waals surface area contributed by atoms with Gasteiger partial charge in [0.05, 0.1) is 6.20 Å². The van der Waals surface area contributed by atoms with Crippen molar-refractivity contribution in [3.05, 3.63) is 29.7 Å². The van der Waals surface area contributed by atoms with Gasteiger partial charge in [-0.05, 0) is 20.0 Å². The van der Waals surface area contributed by atoms with Crippen molar-refractivity contribution in [2.24, 2.45) is 0 Å². The number of carbonyl (C=O) groups is 1. The fourth-order valence-electron chi connectivity index (χ4n) is 2.35. The lowest BCUT2D eigenvalue weighted by Gasteiger charge is -2.32. The van der Waals surface area contributed by atoms with E-state index >= 15 is 0 Å². The van der Waals surface area contributed by atoms with E-state index in [0.717, 1.165) is 37.5 Å². The van der Waals surface area contributed by atoms with Gasteiger partial charge in [0.2, 0.25) is 0 Å². The molecule has 1 aliphatic rings. The highest BCUT2D eigenvalue weighted by atomic mass is 16.2. The highest BCUT2D eigenvalue weighted by Gasteiger charge is 2.22. The summed E-state index contributed by atoms with van der Waals surface area (Å²) in [5.41, 5.74) is 2.15. The third-order valence-corrected chi connectivity index (χ3v) is 3.55. The van der Waals surface area contributed by atoms with Crippen LogP contribution in [-0.2, 0) is 0 Å². The summed E-state index contributed by atoms with van der Waals surface area (Å²) < 4.78 is 1.74. The predicted molar refractivity (Wildman–Crippen MR) is 71.1 cm³/mol. The molecular weight excluding hydrogens is 242 g/mol. The van der Waals surface area contributed by atoms with Crippen LogP contribution in [0.3, 0.4) is 0 Å². The van der Waals surface area contributed by atoms with E-state index in [-0.39, 0.29) is 5.91 Å². The van der Waals surface area contributed by atoms with E-state index in [1.807, 2.05) is 17.9 Å². The van der Waals surface area contributed by atoms with Crippen molar-refractivity contribution in [1.82, 2.24) is 24.4 Å². The van der Waals surface area contributed by atoms with Crippen LogP contribution in [0.15, 0.2) is 18.3 Å². The Balaban J connectivity index is 1.89. The van der Waals surface area contributed by atoms with Gasteiger partial charge in [0.1, 0.15) is 5.69 Å². The van der Waals surface area contributed by atoms with Crippen molar-refractivity contribution in [1.29, 1.82) is 0 Å². The van der Waals surface area contributed by atoms with Crippen molar-refractivity contribution in [3.8, 4) is 0 Å². The minimum absolute atomic E-state index is 0.0138. The van der Waals surface area contributed by atoms with Crippen LogP contribution in [0, 0.1) is 6.92 Å². The van der Waals surface area contributed by atoms with Gasteiger partial charge >= 0.3 is 0 Å². The number of aromatic nitrogens is 3. The number of rotatable bonds is 1. The highest BCUT2D eigenvalue weighted by Crippen LogP contribution is 2.10. The monoisotopic (exact) mass is 259 g/mol. The molecule has 1 amide bonds. The standard InChI is InChI=1S/C13H17N5O/c1-10-9-11(15-12-3-4-14-18(10)12)13(19)17-7-5-16(2)6-8-17/h3-4,9H,5-8H2,1-2H3. The Morgan fingerprint density at radius 1 is 1.26 bits per heavy atom. The summed E-state index contributed by atoms with van der Waals surface area (Å²) in [6, 6.07) is 3.62. The average Bonchev–Trinajstić information content (AvgIpc) is 2.87. The first kappa shape index (κ1) is 12.1. The van der Waals surface area contributed by atoms with E-state index < -0.39 is 0 Å². The lowest BCUT2D eigenvalue weighted by atomic mass is 10.2. The molecule has 0 radical (unpaired) electrons. The van der Waals surface area contributed by atoms with E-state index in [0.29, 0.717) is 5.69 Å². The molecule has 100 valence electrons. The highest BCUT2D eigenvalue weighted by molar-refractivity contribution is 5.93. The Labute approximate surface area is 111 Å². The molecule has 6 heteroatoms. The van der Waals surface area contributed by atoms with Crippen LogP contribution >= 0.6 is 0 Å². The second-order valence-corrected chi connectivity index (χ2v) is 4.98. The summed E-state index contributed by atoms with van der Waals surface area (Å²) in [5.74, 6) is 0.0138. The van der Waals surface area contributed by atoms with Crippen molar-refractivity contribution >= 4 is 11.6 Å². The number of piperazine rings is 1. The molecule has 0 atom stereocenters. The SMILES string of the molecule is Cc1cc(C(=O)N2CCN(C)CC2)nc2ccnn12. The van der Waals surface area contributed by atoms with Crippen LogP contribution < -0.4 is 0 Å². The minimum atomic E-state index is 0.0138. The van der Waals surface area contributed by atoms with Crippen molar-refractivity contribution in [2.75, 3.05) is 33.2 Å². The second-order valence-electron chi connectivity index (χ2n) is 4.98. The Bertz CT molecular complexity index is 613. The molecular formula is C13H17N5O. The van der Waals surface area contributed by atoms with Crippen LogP contribution in [0.25, 0.3) is 5.65 Å². The number of aryl methyl sites for hydroxylation is 1. The van der Waals surface area contributed by atoms with Crippen LogP contribution in [0.2, 0.25) is 0 Å². The molecule has 0 unspecified atom stereocenters. The number of hydrogen-bond acceptors (Lipinski definition) is 4. The Morgan fingerprint density at radius 3 is 2.74 bits per heavy atom. The summed E-state index contributed by atoms with van der Waals surface area (Å²) >= 11 is 0. The molecule has 2 aromatic heterocycles. The van der Waals surface area contributed by atoms with Gasteiger partial charge in [0, 0.05) is 37.9 Å². The van der Waals surface area contributed by atoms with Crippen molar-refractivity contribution in [3.63, 3.8) is 0 Å². The zero-order chi connectivity index (χ0) is 13.4. The minimum Gasteiger partial charge on any atom is -0.335 e. The van der Waals surface area contributed by atoms with Gasteiger partial charge in [0.15, 0.2) is 5.65 Å². The van der Waals surface area contributed by atoms with Gasteiger partial charge in [-0.3, -0.25) is 4.79 Å². The molecule has 0 aromatic carbocycles. The summed E-state index contributed by atoms with van der Waals surface area (Å²) in [6.07, 6.45) is 1.69. The van der Waals surface area contributed by atoms with E-state index in [2.05, 4.69) is 22.0 Å². The molecule has 1 fully saturated rings. The van der Waals surface area contributed by atoms with Gasteiger partial charge < -0.3 is 9.80 Å². The first-order chi connectivity index (χ1) is 9.15. The smallest absolute Gasteiger partial charge is 0.272 e. The number of carbonyl (C=O) groups excluding carboxylic acids is 1. The maximum Gasteiger partial charge on any atom is 0.272 e. The number of amides is 1. The van der Waals surface area contributed by atoms with E-state index in [1.54, 1.807) is 16.8 Å². The molecule has 1 aliphatic heterocycles. The third-order valence-electron chi connectivity index (χ3n) is 3.55. The largest absolute Gasteiger partial charge is 0.335 e. The fourth-order valence-corrected chi connectivity index (χ4v) is 2.35. The van der Waals surface area contributed by atoms with Gasteiger partial charge in [-0.1, -0.05) is 0 Å². The molecule has 0 N–H and O–H groups in total. The molecule has 2 aromatic rings. The fraction of sp³-hybridized carbons (Fsp3) is 0.462. The molecule has 0 saturated carbocycles. The average molecular weight is 259 g/mol. The van der Waals surface area contributed by atoms with E-state index in [9.17, 15) is 4.79 Å². The topological polar surface area (TPSA) is 53.7 Å². The van der Waals surface area contributed by atoms with Crippen LogP contribution in [-0.4, -0.2) is 63.5 Å².